The minimum atomic E-state index is -0.498. The zero-order chi connectivity index (χ0) is 16.8. The van der Waals surface area contributed by atoms with Crippen LogP contribution in [0.5, 0.6) is 0 Å². The van der Waals surface area contributed by atoms with Gasteiger partial charge in [0.15, 0.2) is 0 Å². The molecular weight excluding hydrogens is 296 g/mol. The largest absolute Gasteiger partial charge is 0.462 e. The molecule has 0 saturated carbocycles. The molecule has 1 unspecified atom stereocenters. The van der Waals surface area contributed by atoms with Gasteiger partial charge in [-0.3, -0.25) is 4.79 Å². The maximum atomic E-state index is 11.1. The molecule has 1 N–H and O–H groups in total. The van der Waals surface area contributed by atoms with Gasteiger partial charge in [-0.2, -0.15) is 5.26 Å². The molecule has 6 heteroatoms. The van der Waals surface area contributed by atoms with Crippen molar-refractivity contribution in [3.05, 3.63) is 11.6 Å². The molecule has 1 aliphatic rings. The number of carbonyl (C=O) groups excluding carboxylic acids is 1. The van der Waals surface area contributed by atoms with Crippen molar-refractivity contribution >= 4 is 5.97 Å². The summed E-state index contributed by atoms with van der Waals surface area (Å²) < 4.78 is 15.9. The Morgan fingerprint density at radius 1 is 1.39 bits per heavy atom. The van der Waals surface area contributed by atoms with E-state index in [-0.39, 0.29) is 19.1 Å². The quantitative estimate of drug-likeness (QED) is 0.336. The summed E-state index contributed by atoms with van der Waals surface area (Å²) in [5.74, 6) is -0.498. The SMILES string of the molecule is COCCCNCC(OCCOC(=O)CC#N)C1=CCCCC1. The normalized spacial score (nSPS) is 15.6. The van der Waals surface area contributed by atoms with E-state index in [1.54, 1.807) is 13.2 Å². The molecule has 130 valence electrons. The van der Waals surface area contributed by atoms with Gasteiger partial charge in [-0.1, -0.05) is 6.08 Å². The van der Waals surface area contributed by atoms with E-state index < -0.39 is 5.97 Å². The fourth-order valence-electron chi connectivity index (χ4n) is 2.49. The van der Waals surface area contributed by atoms with E-state index in [0.717, 1.165) is 39.0 Å². The first-order chi connectivity index (χ1) is 11.3. The Hall–Kier alpha value is -1.42. The first-order valence-corrected chi connectivity index (χ1v) is 8.30. The number of nitrogens with one attached hydrogen (secondary N) is 1. The summed E-state index contributed by atoms with van der Waals surface area (Å²) in [6.45, 7) is 2.92. The number of methoxy groups -OCH3 is 1. The molecule has 0 bridgehead atoms. The molecule has 1 aliphatic carbocycles. The minimum absolute atomic E-state index is 0.0208. The van der Waals surface area contributed by atoms with Crippen molar-refractivity contribution in [1.82, 2.24) is 5.32 Å². The van der Waals surface area contributed by atoms with Crippen molar-refractivity contribution in [1.29, 1.82) is 5.26 Å². The average Bonchev–Trinajstić information content (AvgIpc) is 2.57. The fourth-order valence-corrected chi connectivity index (χ4v) is 2.49. The van der Waals surface area contributed by atoms with Crippen LogP contribution in [0.3, 0.4) is 0 Å². The van der Waals surface area contributed by atoms with Gasteiger partial charge >= 0.3 is 5.97 Å². The van der Waals surface area contributed by atoms with Crippen LogP contribution in [0.1, 0.15) is 38.5 Å². The monoisotopic (exact) mass is 324 g/mol. The van der Waals surface area contributed by atoms with Gasteiger partial charge < -0.3 is 19.5 Å². The molecule has 1 rings (SSSR count). The van der Waals surface area contributed by atoms with E-state index in [2.05, 4.69) is 11.4 Å². The third kappa shape index (κ3) is 9.34. The Labute approximate surface area is 138 Å². The second-order valence-electron chi connectivity index (χ2n) is 5.49. The molecule has 0 amide bonds. The van der Waals surface area contributed by atoms with Crippen LogP contribution in [-0.4, -0.2) is 52.1 Å². The molecule has 0 saturated heterocycles. The average molecular weight is 324 g/mol. The number of esters is 1. The lowest BCUT2D eigenvalue weighted by Gasteiger charge is -2.24. The highest BCUT2D eigenvalue weighted by molar-refractivity contribution is 5.71. The summed E-state index contributed by atoms with van der Waals surface area (Å²) in [6, 6.07) is 1.77. The van der Waals surface area contributed by atoms with Gasteiger partial charge in [0.25, 0.3) is 0 Å². The number of ether oxygens (including phenoxy) is 3. The third-order valence-electron chi connectivity index (χ3n) is 3.66. The summed E-state index contributed by atoms with van der Waals surface area (Å²) in [5.41, 5.74) is 1.33. The number of hydrogen-bond donors (Lipinski definition) is 1. The number of carbonyl (C=O) groups is 1. The highest BCUT2D eigenvalue weighted by Gasteiger charge is 2.16. The Morgan fingerprint density at radius 2 is 2.26 bits per heavy atom. The molecule has 0 fully saturated rings. The summed E-state index contributed by atoms with van der Waals surface area (Å²) in [4.78, 5) is 11.1. The van der Waals surface area contributed by atoms with Crippen LogP contribution in [0.25, 0.3) is 0 Å². The van der Waals surface area contributed by atoms with Crippen molar-refractivity contribution < 1.29 is 19.0 Å². The van der Waals surface area contributed by atoms with Gasteiger partial charge in [0, 0.05) is 20.3 Å². The van der Waals surface area contributed by atoms with Crippen LogP contribution >= 0.6 is 0 Å². The molecule has 23 heavy (non-hydrogen) atoms. The predicted molar refractivity (Wildman–Crippen MR) is 86.8 cm³/mol. The second kappa shape index (κ2) is 13.1. The van der Waals surface area contributed by atoms with Crippen LogP contribution < -0.4 is 5.32 Å². The van der Waals surface area contributed by atoms with Crippen molar-refractivity contribution in [2.24, 2.45) is 0 Å². The van der Waals surface area contributed by atoms with Crippen LogP contribution in [0.2, 0.25) is 0 Å². The van der Waals surface area contributed by atoms with Crippen molar-refractivity contribution in [2.45, 2.75) is 44.6 Å². The van der Waals surface area contributed by atoms with Gasteiger partial charge in [-0.05, 0) is 44.2 Å². The summed E-state index contributed by atoms with van der Waals surface area (Å²) in [7, 11) is 1.70. The van der Waals surface area contributed by atoms with Crippen molar-refractivity contribution in [3.63, 3.8) is 0 Å². The Balaban J connectivity index is 2.31. The summed E-state index contributed by atoms with van der Waals surface area (Å²) in [6.07, 6.45) is 7.66. The first kappa shape index (κ1) is 19.6. The smallest absolute Gasteiger partial charge is 0.320 e. The summed E-state index contributed by atoms with van der Waals surface area (Å²) in [5, 5.41) is 11.8. The molecule has 0 spiro atoms. The van der Waals surface area contributed by atoms with Gasteiger partial charge in [0.1, 0.15) is 13.0 Å². The van der Waals surface area contributed by atoms with E-state index in [9.17, 15) is 4.79 Å². The Bertz CT molecular complexity index is 404. The standard InChI is InChI=1S/C17H28N2O4/c1-21-11-5-10-19-14-16(15-6-3-2-4-7-15)22-12-13-23-17(20)8-9-18/h6,16,19H,2-5,7-8,10-14H2,1H3. The number of hydrogen-bond acceptors (Lipinski definition) is 6. The van der Waals surface area contributed by atoms with Crippen LogP contribution in [-0.2, 0) is 19.0 Å². The molecule has 0 aliphatic heterocycles. The van der Waals surface area contributed by atoms with E-state index >= 15 is 0 Å². The van der Waals surface area contributed by atoms with E-state index in [1.807, 2.05) is 0 Å². The molecule has 1 atom stereocenters. The zero-order valence-corrected chi connectivity index (χ0v) is 14.0. The number of nitriles is 1. The molecule has 0 aromatic carbocycles. The second-order valence-corrected chi connectivity index (χ2v) is 5.49. The molecular formula is C17H28N2O4. The topological polar surface area (TPSA) is 80.6 Å². The number of rotatable bonds is 12. The van der Waals surface area contributed by atoms with Crippen molar-refractivity contribution in [3.8, 4) is 6.07 Å². The van der Waals surface area contributed by atoms with Crippen molar-refractivity contribution in [2.75, 3.05) is 40.0 Å². The summed E-state index contributed by atoms with van der Waals surface area (Å²) >= 11 is 0. The minimum Gasteiger partial charge on any atom is -0.462 e. The highest BCUT2D eigenvalue weighted by atomic mass is 16.6. The zero-order valence-electron chi connectivity index (χ0n) is 14.0. The lowest BCUT2D eigenvalue weighted by molar-refractivity contribution is -0.144. The van der Waals surface area contributed by atoms with Crippen LogP contribution in [0.15, 0.2) is 11.6 Å². The Kier molecular flexibility index (Phi) is 11.1. The van der Waals surface area contributed by atoms with Gasteiger partial charge in [0.2, 0.25) is 0 Å². The van der Waals surface area contributed by atoms with Crippen LogP contribution in [0, 0.1) is 11.3 Å². The molecule has 0 aromatic heterocycles. The molecule has 6 nitrogen and oxygen atoms in total. The van der Waals surface area contributed by atoms with Crippen LogP contribution in [0.4, 0.5) is 0 Å². The fraction of sp³-hybridized carbons (Fsp3) is 0.765. The lowest BCUT2D eigenvalue weighted by Crippen LogP contribution is -2.33. The molecule has 0 aromatic rings. The maximum absolute atomic E-state index is 11.1. The molecule has 0 heterocycles. The highest BCUT2D eigenvalue weighted by Crippen LogP contribution is 2.21. The number of nitrogens with zero attached hydrogens (tertiary/aromatic N) is 1. The maximum Gasteiger partial charge on any atom is 0.320 e. The Morgan fingerprint density at radius 3 is 2.96 bits per heavy atom. The molecule has 0 radical (unpaired) electrons. The number of allylic oxidation sites excluding steroid dienone is 1. The van der Waals surface area contributed by atoms with Gasteiger partial charge in [-0.25, -0.2) is 0 Å². The first-order valence-electron chi connectivity index (χ1n) is 8.30. The lowest BCUT2D eigenvalue weighted by atomic mass is 9.95. The van der Waals surface area contributed by atoms with E-state index in [0.29, 0.717) is 6.61 Å². The van der Waals surface area contributed by atoms with Gasteiger partial charge in [0.05, 0.1) is 18.8 Å². The predicted octanol–water partition coefficient (Wildman–Crippen LogP) is 1.95. The van der Waals surface area contributed by atoms with Gasteiger partial charge in [-0.15, -0.1) is 0 Å². The van der Waals surface area contributed by atoms with E-state index in [4.69, 9.17) is 19.5 Å². The third-order valence-corrected chi connectivity index (χ3v) is 3.66. The van der Waals surface area contributed by atoms with E-state index in [1.165, 1.54) is 18.4 Å².